The molecule has 0 unspecified atom stereocenters. The zero-order valence-corrected chi connectivity index (χ0v) is 18.7. The number of benzene rings is 1. The summed E-state index contributed by atoms with van der Waals surface area (Å²) < 4.78 is 5.39. The summed E-state index contributed by atoms with van der Waals surface area (Å²) in [4.78, 5) is 25.7. The van der Waals surface area contributed by atoms with E-state index in [1.807, 2.05) is 30.3 Å². The number of hydrogen-bond donors (Lipinski definition) is 2. The maximum Gasteiger partial charge on any atom is 0.408 e. The molecule has 0 bridgehead atoms. The van der Waals surface area contributed by atoms with Gasteiger partial charge in [-0.2, -0.15) is 0 Å². The number of amides is 2. The van der Waals surface area contributed by atoms with E-state index in [4.69, 9.17) is 4.74 Å². The highest BCUT2D eigenvalue weighted by Crippen LogP contribution is 2.29. The molecule has 1 aliphatic carbocycles. The van der Waals surface area contributed by atoms with Crippen LogP contribution in [-0.4, -0.2) is 24.1 Å². The van der Waals surface area contributed by atoms with Crippen LogP contribution in [0.15, 0.2) is 30.3 Å². The molecule has 2 rings (SSSR count). The van der Waals surface area contributed by atoms with Crippen LogP contribution in [-0.2, 0) is 16.1 Å². The van der Waals surface area contributed by atoms with Crippen molar-refractivity contribution < 1.29 is 14.3 Å². The van der Waals surface area contributed by atoms with Gasteiger partial charge in [0.05, 0.1) is 0 Å². The van der Waals surface area contributed by atoms with E-state index < -0.39 is 12.1 Å². The van der Waals surface area contributed by atoms with Gasteiger partial charge in [0, 0.05) is 6.04 Å². The monoisotopic (exact) mass is 402 g/mol. The molecule has 0 spiro atoms. The van der Waals surface area contributed by atoms with Crippen LogP contribution in [0.25, 0.3) is 0 Å². The fourth-order valence-electron chi connectivity index (χ4n) is 4.38. The Kier molecular flexibility index (Phi) is 8.54. The number of nitrogens with one attached hydrogen (secondary N) is 2. The fraction of sp³-hybridized carbons (Fsp3) is 0.667. The number of carbonyl (C=O) groups excluding carboxylic acids is 2. The molecule has 162 valence electrons. The Labute approximate surface area is 176 Å². The molecule has 1 aliphatic rings. The summed E-state index contributed by atoms with van der Waals surface area (Å²) >= 11 is 0. The minimum Gasteiger partial charge on any atom is -0.445 e. The van der Waals surface area contributed by atoms with Gasteiger partial charge in [-0.1, -0.05) is 84.2 Å². The summed E-state index contributed by atoms with van der Waals surface area (Å²) in [5.74, 6) is 0.360. The molecule has 0 heterocycles. The van der Waals surface area contributed by atoms with Gasteiger partial charge in [0.1, 0.15) is 12.6 Å². The highest BCUT2D eigenvalue weighted by Gasteiger charge is 2.35. The average Bonchev–Trinajstić information content (AvgIpc) is 2.68. The van der Waals surface area contributed by atoms with Crippen LogP contribution >= 0.6 is 0 Å². The largest absolute Gasteiger partial charge is 0.445 e. The van der Waals surface area contributed by atoms with Gasteiger partial charge < -0.3 is 15.4 Å². The Morgan fingerprint density at radius 2 is 1.66 bits per heavy atom. The molecule has 0 aliphatic heterocycles. The first-order valence-electron chi connectivity index (χ1n) is 11.0. The summed E-state index contributed by atoms with van der Waals surface area (Å²) in [6.07, 6.45) is 4.78. The molecule has 0 saturated heterocycles. The number of rotatable bonds is 7. The van der Waals surface area contributed by atoms with E-state index in [9.17, 15) is 9.59 Å². The van der Waals surface area contributed by atoms with Gasteiger partial charge in [-0.15, -0.1) is 0 Å². The second kappa shape index (κ2) is 10.7. The zero-order chi connectivity index (χ0) is 21.4. The van der Waals surface area contributed by atoms with Crippen molar-refractivity contribution in [3.63, 3.8) is 0 Å². The van der Waals surface area contributed by atoms with Gasteiger partial charge in [-0.25, -0.2) is 4.79 Å². The molecule has 5 nitrogen and oxygen atoms in total. The van der Waals surface area contributed by atoms with Gasteiger partial charge in [0.15, 0.2) is 0 Å². The predicted molar refractivity (Wildman–Crippen MR) is 116 cm³/mol. The van der Waals surface area contributed by atoms with Crippen LogP contribution in [0.1, 0.15) is 72.3 Å². The fourth-order valence-corrected chi connectivity index (χ4v) is 4.38. The molecular weight excluding hydrogens is 364 g/mol. The van der Waals surface area contributed by atoms with Crippen molar-refractivity contribution in [2.45, 2.75) is 85.4 Å². The van der Waals surface area contributed by atoms with Crippen LogP contribution in [0.5, 0.6) is 0 Å². The Hall–Kier alpha value is -2.04. The third-order valence-corrected chi connectivity index (χ3v) is 5.79. The lowest BCUT2D eigenvalue weighted by Gasteiger charge is -2.37. The molecule has 1 fully saturated rings. The molecule has 0 aromatic heterocycles. The van der Waals surface area contributed by atoms with E-state index in [0.29, 0.717) is 5.92 Å². The third kappa shape index (κ3) is 7.37. The van der Waals surface area contributed by atoms with Crippen molar-refractivity contribution in [2.75, 3.05) is 0 Å². The van der Waals surface area contributed by atoms with Crippen molar-refractivity contribution in [3.05, 3.63) is 35.9 Å². The summed E-state index contributed by atoms with van der Waals surface area (Å²) in [6.45, 7) is 10.8. The number of ether oxygens (including phenoxy) is 1. The Morgan fingerprint density at radius 1 is 1.03 bits per heavy atom. The molecule has 5 heteroatoms. The van der Waals surface area contributed by atoms with Gasteiger partial charge in [0.25, 0.3) is 0 Å². The van der Waals surface area contributed by atoms with Crippen LogP contribution in [0, 0.1) is 17.3 Å². The third-order valence-electron chi connectivity index (χ3n) is 5.79. The Bertz CT molecular complexity index is 646. The lowest BCUT2D eigenvalue weighted by atomic mass is 9.79. The van der Waals surface area contributed by atoms with Crippen molar-refractivity contribution in [3.8, 4) is 0 Å². The maximum atomic E-state index is 13.2. The van der Waals surface area contributed by atoms with Crippen molar-refractivity contribution >= 4 is 12.0 Å². The van der Waals surface area contributed by atoms with Crippen molar-refractivity contribution in [2.24, 2.45) is 17.3 Å². The topological polar surface area (TPSA) is 67.4 Å². The van der Waals surface area contributed by atoms with E-state index in [1.54, 1.807) is 0 Å². The summed E-state index contributed by atoms with van der Waals surface area (Å²) in [5, 5.41) is 6.10. The van der Waals surface area contributed by atoms with Gasteiger partial charge in [-0.05, 0) is 35.7 Å². The highest BCUT2D eigenvalue weighted by molar-refractivity contribution is 5.86. The first-order chi connectivity index (χ1) is 13.7. The van der Waals surface area contributed by atoms with Crippen molar-refractivity contribution in [1.82, 2.24) is 10.6 Å². The summed E-state index contributed by atoms with van der Waals surface area (Å²) in [5.41, 5.74) is 0.864. The molecule has 2 amide bonds. The second-order valence-corrected chi connectivity index (χ2v) is 9.68. The molecular formula is C24H38N2O3. The first-order valence-corrected chi connectivity index (χ1v) is 11.0. The Balaban J connectivity index is 2.05. The van der Waals surface area contributed by atoms with Gasteiger partial charge in [-0.3, -0.25) is 4.79 Å². The lowest BCUT2D eigenvalue weighted by molar-refractivity contribution is -0.126. The van der Waals surface area contributed by atoms with E-state index in [0.717, 1.165) is 31.2 Å². The highest BCUT2D eigenvalue weighted by atomic mass is 16.5. The molecule has 2 atom stereocenters. The minimum atomic E-state index is -0.554. The first kappa shape index (κ1) is 23.2. The van der Waals surface area contributed by atoms with Gasteiger partial charge in [0.2, 0.25) is 5.91 Å². The van der Waals surface area contributed by atoms with Crippen LogP contribution in [0.2, 0.25) is 0 Å². The Morgan fingerprint density at radius 3 is 2.21 bits per heavy atom. The van der Waals surface area contributed by atoms with Crippen molar-refractivity contribution in [1.29, 1.82) is 0 Å². The molecule has 1 saturated carbocycles. The maximum absolute atomic E-state index is 13.2. The number of carbonyl (C=O) groups is 2. The quantitative estimate of drug-likeness (QED) is 0.671. The summed E-state index contributed by atoms with van der Waals surface area (Å²) in [6, 6.07) is 9.05. The number of hydrogen-bond acceptors (Lipinski definition) is 3. The normalized spacial score (nSPS) is 17.4. The molecule has 2 N–H and O–H groups in total. The van der Waals surface area contributed by atoms with E-state index in [-0.39, 0.29) is 29.9 Å². The molecule has 29 heavy (non-hydrogen) atoms. The SMILES string of the molecule is CC(C)[C@@H](NC(=O)[C@@H](NC(=O)OCc1ccccc1)C1CCCCC1)C(C)(C)C. The van der Waals surface area contributed by atoms with Gasteiger partial charge >= 0.3 is 6.09 Å². The molecule has 0 radical (unpaired) electrons. The van der Waals surface area contributed by atoms with E-state index in [1.165, 1.54) is 6.42 Å². The smallest absolute Gasteiger partial charge is 0.408 e. The zero-order valence-electron chi connectivity index (χ0n) is 18.7. The lowest BCUT2D eigenvalue weighted by Crippen LogP contribution is -2.56. The molecule has 1 aromatic carbocycles. The minimum absolute atomic E-state index is 0.0308. The number of alkyl carbamates (subject to hydrolysis) is 1. The second-order valence-electron chi connectivity index (χ2n) is 9.68. The summed E-state index contributed by atoms with van der Waals surface area (Å²) in [7, 11) is 0. The predicted octanol–water partition coefficient (Wildman–Crippen LogP) is 5.05. The van der Waals surface area contributed by atoms with E-state index >= 15 is 0 Å². The van der Waals surface area contributed by atoms with Crippen LogP contribution < -0.4 is 10.6 Å². The van der Waals surface area contributed by atoms with E-state index in [2.05, 4.69) is 45.3 Å². The van der Waals surface area contributed by atoms with Crippen LogP contribution in [0.3, 0.4) is 0 Å². The standard InChI is InChI=1S/C24H38N2O3/c1-17(2)21(24(3,4)5)26-22(27)20(19-14-10-7-11-15-19)25-23(28)29-16-18-12-8-6-9-13-18/h6,8-9,12-13,17,19-21H,7,10-11,14-16H2,1-5H3,(H,25,28)(H,26,27)/t20-,21+/m0/s1. The van der Waals surface area contributed by atoms with Crippen LogP contribution in [0.4, 0.5) is 4.79 Å². The average molecular weight is 403 g/mol. The molecule has 1 aromatic rings.